The van der Waals surface area contributed by atoms with Crippen LogP contribution in [-0.2, 0) is 27.2 Å². The van der Waals surface area contributed by atoms with Gasteiger partial charge in [-0.2, -0.15) is 0 Å². The molecule has 1 aliphatic carbocycles. The lowest BCUT2D eigenvalue weighted by Gasteiger charge is -2.14. The standard InChI is InChI=1S/C18H24N2O5/c1-11(2)19-18(23)20-17(22)12(3)25-16(21)10-24-15-8-7-13-5-4-6-14(13)9-15/h7-9,11-12H,4-6,10H2,1-3H3,(H2,19,20,22,23)/t12-/m0/s1. The van der Waals surface area contributed by atoms with Gasteiger partial charge in [0.1, 0.15) is 5.75 Å². The Labute approximate surface area is 147 Å². The lowest BCUT2D eigenvalue weighted by Crippen LogP contribution is -2.46. The minimum Gasteiger partial charge on any atom is -0.482 e. The quantitative estimate of drug-likeness (QED) is 0.764. The Morgan fingerprint density at radius 2 is 1.84 bits per heavy atom. The van der Waals surface area contributed by atoms with Crippen LogP contribution in [0.3, 0.4) is 0 Å². The summed E-state index contributed by atoms with van der Waals surface area (Å²) in [4.78, 5) is 35.0. The Hall–Kier alpha value is -2.57. The molecule has 0 spiro atoms. The number of hydrogen-bond donors (Lipinski definition) is 2. The third-order valence-corrected chi connectivity index (χ3v) is 3.76. The number of aryl methyl sites for hydroxylation is 2. The maximum atomic E-state index is 11.8. The van der Waals surface area contributed by atoms with Gasteiger partial charge < -0.3 is 14.8 Å². The van der Waals surface area contributed by atoms with Gasteiger partial charge in [0.15, 0.2) is 12.7 Å². The number of hydrogen-bond acceptors (Lipinski definition) is 5. The first kappa shape index (κ1) is 18.8. The molecule has 7 heteroatoms. The zero-order valence-corrected chi connectivity index (χ0v) is 14.8. The largest absolute Gasteiger partial charge is 0.482 e. The number of carbonyl (C=O) groups is 3. The van der Waals surface area contributed by atoms with Gasteiger partial charge in [-0.15, -0.1) is 0 Å². The fourth-order valence-electron chi connectivity index (χ4n) is 2.58. The summed E-state index contributed by atoms with van der Waals surface area (Å²) in [5.74, 6) is -0.762. The summed E-state index contributed by atoms with van der Waals surface area (Å²) in [6.45, 7) is 4.63. The van der Waals surface area contributed by atoms with E-state index in [2.05, 4.69) is 10.6 Å². The van der Waals surface area contributed by atoms with Crippen molar-refractivity contribution in [2.45, 2.75) is 52.2 Å². The number of esters is 1. The average Bonchev–Trinajstić information content (AvgIpc) is 2.99. The zero-order valence-electron chi connectivity index (χ0n) is 14.8. The molecule has 0 heterocycles. The normalized spacial score (nSPS) is 13.8. The highest BCUT2D eigenvalue weighted by atomic mass is 16.6. The number of carbonyl (C=O) groups excluding carboxylic acids is 3. The maximum absolute atomic E-state index is 11.8. The van der Waals surface area contributed by atoms with E-state index in [1.165, 1.54) is 18.1 Å². The van der Waals surface area contributed by atoms with Gasteiger partial charge in [0.05, 0.1) is 0 Å². The molecule has 136 valence electrons. The highest BCUT2D eigenvalue weighted by molar-refractivity contribution is 5.97. The SMILES string of the molecule is CC(C)NC(=O)NC(=O)[C@H](C)OC(=O)COc1ccc2c(c1)CCC2. The fourth-order valence-corrected chi connectivity index (χ4v) is 2.58. The predicted molar refractivity (Wildman–Crippen MR) is 91.3 cm³/mol. The third kappa shape index (κ3) is 5.77. The van der Waals surface area contributed by atoms with Gasteiger partial charge in [-0.1, -0.05) is 6.07 Å². The van der Waals surface area contributed by atoms with Crippen molar-refractivity contribution in [2.24, 2.45) is 0 Å². The molecule has 1 aromatic carbocycles. The number of urea groups is 1. The minimum atomic E-state index is -1.09. The molecule has 0 aliphatic heterocycles. The van der Waals surface area contributed by atoms with Gasteiger partial charge in [0.25, 0.3) is 5.91 Å². The Balaban J connectivity index is 1.75. The molecule has 7 nitrogen and oxygen atoms in total. The number of fused-ring (bicyclic) bond motifs is 1. The fraction of sp³-hybridized carbons (Fsp3) is 0.500. The molecular weight excluding hydrogens is 324 g/mol. The molecule has 0 unspecified atom stereocenters. The Morgan fingerprint density at radius 1 is 1.12 bits per heavy atom. The van der Waals surface area contributed by atoms with E-state index in [4.69, 9.17) is 9.47 Å². The summed E-state index contributed by atoms with van der Waals surface area (Å²) in [5, 5.41) is 4.62. The van der Waals surface area contributed by atoms with Crippen LogP contribution in [0.5, 0.6) is 5.75 Å². The summed E-state index contributed by atoms with van der Waals surface area (Å²) >= 11 is 0. The molecule has 0 bridgehead atoms. The number of benzene rings is 1. The number of imide groups is 1. The summed E-state index contributed by atoms with van der Waals surface area (Å²) in [6.07, 6.45) is 2.15. The van der Waals surface area contributed by atoms with Crippen LogP contribution in [0.1, 0.15) is 38.3 Å². The number of ether oxygens (including phenoxy) is 2. The Bertz CT molecular complexity index is 657. The van der Waals surface area contributed by atoms with Crippen LogP contribution in [0.2, 0.25) is 0 Å². The van der Waals surface area contributed by atoms with Crippen LogP contribution in [0, 0.1) is 0 Å². The molecule has 0 aromatic heterocycles. The van der Waals surface area contributed by atoms with Gasteiger partial charge in [0, 0.05) is 6.04 Å². The van der Waals surface area contributed by atoms with Crippen molar-refractivity contribution in [1.29, 1.82) is 0 Å². The second-order valence-corrected chi connectivity index (χ2v) is 6.32. The molecular formula is C18H24N2O5. The molecule has 25 heavy (non-hydrogen) atoms. The Kier molecular flexibility index (Phi) is 6.38. The lowest BCUT2D eigenvalue weighted by atomic mass is 10.1. The average molecular weight is 348 g/mol. The first-order valence-electron chi connectivity index (χ1n) is 8.40. The number of amides is 3. The van der Waals surface area contributed by atoms with Crippen molar-refractivity contribution in [3.05, 3.63) is 29.3 Å². The summed E-state index contributed by atoms with van der Waals surface area (Å²) in [7, 11) is 0. The molecule has 0 fully saturated rings. The van der Waals surface area contributed by atoms with Crippen LogP contribution >= 0.6 is 0 Å². The van der Waals surface area contributed by atoms with Gasteiger partial charge in [-0.25, -0.2) is 9.59 Å². The van der Waals surface area contributed by atoms with E-state index in [1.54, 1.807) is 13.8 Å². The molecule has 2 N–H and O–H groups in total. The molecule has 0 radical (unpaired) electrons. The predicted octanol–water partition coefficient (Wildman–Crippen LogP) is 1.72. The smallest absolute Gasteiger partial charge is 0.344 e. The van der Waals surface area contributed by atoms with Crippen LogP contribution in [0.25, 0.3) is 0 Å². The first-order valence-corrected chi connectivity index (χ1v) is 8.40. The van der Waals surface area contributed by atoms with Crippen molar-refractivity contribution in [3.8, 4) is 5.75 Å². The molecule has 3 amide bonds. The first-order chi connectivity index (χ1) is 11.8. The molecule has 1 aromatic rings. The van der Waals surface area contributed by atoms with Crippen molar-refractivity contribution >= 4 is 17.9 Å². The molecule has 1 atom stereocenters. The summed E-state index contributed by atoms with van der Waals surface area (Å²) in [6, 6.07) is 5.03. The highest BCUT2D eigenvalue weighted by Crippen LogP contribution is 2.25. The molecule has 0 saturated heterocycles. The van der Waals surface area contributed by atoms with E-state index in [9.17, 15) is 14.4 Å². The minimum absolute atomic E-state index is 0.105. The van der Waals surface area contributed by atoms with Crippen molar-refractivity contribution in [2.75, 3.05) is 6.61 Å². The second kappa shape index (κ2) is 8.50. The lowest BCUT2D eigenvalue weighted by molar-refractivity contribution is -0.156. The zero-order chi connectivity index (χ0) is 18.4. The second-order valence-electron chi connectivity index (χ2n) is 6.32. The maximum Gasteiger partial charge on any atom is 0.344 e. The van der Waals surface area contributed by atoms with E-state index in [0.717, 1.165) is 19.3 Å². The summed E-state index contributed by atoms with van der Waals surface area (Å²) < 4.78 is 10.4. The van der Waals surface area contributed by atoms with E-state index < -0.39 is 24.0 Å². The van der Waals surface area contributed by atoms with Crippen LogP contribution in [-0.4, -0.2) is 36.7 Å². The van der Waals surface area contributed by atoms with E-state index in [-0.39, 0.29) is 12.6 Å². The van der Waals surface area contributed by atoms with Gasteiger partial charge in [0.2, 0.25) is 0 Å². The molecule has 0 saturated carbocycles. The van der Waals surface area contributed by atoms with Crippen LogP contribution < -0.4 is 15.4 Å². The van der Waals surface area contributed by atoms with Gasteiger partial charge in [-0.05, 0) is 63.3 Å². The van der Waals surface area contributed by atoms with Gasteiger partial charge >= 0.3 is 12.0 Å². The molecule has 2 rings (SSSR count). The summed E-state index contributed by atoms with van der Waals surface area (Å²) in [5.41, 5.74) is 2.56. The number of nitrogens with one attached hydrogen (secondary N) is 2. The van der Waals surface area contributed by atoms with E-state index in [1.807, 2.05) is 18.2 Å². The van der Waals surface area contributed by atoms with Gasteiger partial charge in [-0.3, -0.25) is 10.1 Å². The van der Waals surface area contributed by atoms with Crippen molar-refractivity contribution < 1.29 is 23.9 Å². The topological polar surface area (TPSA) is 93.7 Å². The monoisotopic (exact) mass is 348 g/mol. The van der Waals surface area contributed by atoms with E-state index >= 15 is 0 Å². The Morgan fingerprint density at radius 3 is 2.56 bits per heavy atom. The third-order valence-electron chi connectivity index (χ3n) is 3.76. The van der Waals surface area contributed by atoms with Crippen molar-refractivity contribution in [1.82, 2.24) is 10.6 Å². The van der Waals surface area contributed by atoms with Crippen molar-refractivity contribution in [3.63, 3.8) is 0 Å². The van der Waals surface area contributed by atoms with Crippen LogP contribution in [0.15, 0.2) is 18.2 Å². The van der Waals surface area contributed by atoms with Crippen LogP contribution in [0.4, 0.5) is 4.79 Å². The van der Waals surface area contributed by atoms with E-state index in [0.29, 0.717) is 5.75 Å². The highest BCUT2D eigenvalue weighted by Gasteiger charge is 2.20. The number of rotatable bonds is 6. The molecule has 1 aliphatic rings.